The third-order valence-electron chi connectivity index (χ3n) is 16.9. The quantitative estimate of drug-likeness (QED) is 0.0881. The smallest absolute Gasteiger partial charge is 0.226 e. The number of ketones is 2. The molecule has 2 N–H and O–H groups in total. The van der Waals surface area contributed by atoms with Crippen LogP contribution in [-0.2, 0) is 19.2 Å². The molecule has 368 valence electrons. The number of hydrogen-bond acceptors (Lipinski definition) is 6. The van der Waals surface area contributed by atoms with E-state index in [-0.39, 0.29) is 57.0 Å². The monoisotopic (exact) mass is 917 g/mol. The highest BCUT2D eigenvalue weighted by atomic mass is 16.2. The van der Waals surface area contributed by atoms with Crippen LogP contribution in [0.4, 0.5) is 0 Å². The summed E-state index contributed by atoms with van der Waals surface area (Å²) in [6.07, 6.45) is 43.3. The van der Waals surface area contributed by atoms with Gasteiger partial charge in [-0.2, -0.15) is 5.26 Å². The molecule has 8 heteroatoms. The van der Waals surface area contributed by atoms with Gasteiger partial charge in [0.1, 0.15) is 6.07 Å². The molecule has 0 aromatic heterocycles. The fraction of sp³-hybridized carbons (Fsp3) is 0.644. The van der Waals surface area contributed by atoms with Crippen LogP contribution in [0.3, 0.4) is 0 Å². The molecule has 0 heterocycles. The van der Waals surface area contributed by atoms with Crippen LogP contribution in [-0.4, -0.2) is 61.5 Å². The van der Waals surface area contributed by atoms with Crippen LogP contribution in [0, 0.1) is 55.7 Å². The molecule has 0 aromatic rings. The molecule has 6 unspecified atom stereocenters. The summed E-state index contributed by atoms with van der Waals surface area (Å²) < 4.78 is 0. The van der Waals surface area contributed by atoms with E-state index in [1.54, 1.807) is 0 Å². The Hall–Kier alpha value is -4.35. The normalized spacial score (nSPS) is 28.6. The maximum Gasteiger partial charge on any atom is 0.226 e. The minimum atomic E-state index is -0.706. The minimum Gasteiger partial charge on any atom is -0.355 e. The standard InChI is InChI=1S/C59H88N4O4/c1-11-13-14-15-16-17-18-19-20-21-22-23-24-25-26-27-28-29-30-31-51(65)61-38-40-63(10)41-39-62-53(67)59(36-34-54(3,4)12-2)37-35-57(8)47(44-59)48(64)42-50-56(7)43-46(45-60)52(66)55(5,6)49(56)32-33-58(50,57)9/h13-14,16-17,19-20,22-23,25-26,28-29,42-43,47,49H,11-12,15,18,21,24,27,30-41,44H2,1-10H3,(H,61,65)(H,62,67). The minimum absolute atomic E-state index is 0.00460. The molecule has 4 aliphatic rings. The maximum absolute atomic E-state index is 14.6. The van der Waals surface area contributed by atoms with E-state index in [2.05, 4.69) is 143 Å². The Kier molecular flexibility index (Phi) is 20.4. The predicted octanol–water partition coefficient (Wildman–Crippen LogP) is 12.6. The fourth-order valence-electron chi connectivity index (χ4n) is 11.8. The highest BCUT2D eigenvalue weighted by Crippen LogP contribution is 2.72. The van der Waals surface area contributed by atoms with Crippen molar-refractivity contribution in [1.82, 2.24) is 15.5 Å². The number of nitriles is 1. The summed E-state index contributed by atoms with van der Waals surface area (Å²) in [5.74, 6) is -0.222. The lowest BCUT2D eigenvalue weighted by Gasteiger charge is -2.66. The Morgan fingerprint density at radius 1 is 0.806 bits per heavy atom. The Balaban J connectivity index is 1.24. The topological polar surface area (TPSA) is 119 Å². The zero-order valence-corrected chi connectivity index (χ0v) is 43.4. The van der Waals surface area contributed by atoms with Gasteiger partial charge < -0.3 is 15.5 Å². The highest BCUT2D eigenvalue weighted by molar-refractivity contribution is 6.04. The van der Waals surface area contributed by atoms with Gasteiger partial charge in [-0.25, -0.2) is 0 Å². The molecule has 2 amide bonds. The largest absolute Gasteiger partial charge is 0.355 e. The SMILES string of the molecule is CCC=CCC=CCC=CCC=CCC=CCC=CCCC(=O)NCCN(C)CCNC(=O)C1(CCC(C)(C)CC)CCC2(C)C(C1)C(=O)C=C1C3(C)C=C(C#N)C(=O)C(C)(C)C3CCC12C. The number of rotatable bonds is 25. The van der Waals surface area contributed by atoms with Gasteiger partial charge in [0, 0.05) is 54.8 Å². The van der Waals surface area contributed by atoms with Gasteiger partial charge in [-0.15, -0.1) is 0 Å². The van der Waals surface area contributed by atoms with Gasteiger partial charge in [-0.05, 0) is 125 Å². The molecule has 4 aliphatic carbocycles. The molecule has 8 nitrogen and oxygen atoms in total. The molecule has 0 bridgehead atoms. The summed E-state index contributed by atoms with van der Waals surface area (Å²) in [6, 6.07) is 2.20. The van der Waals surface area contributed by atoms with Gasteiger partial charge in [0.15, 0.2) is 11.6 Å². The molecule has 0 saturated heterocycles. The number of allylic oxidation sites excluding steroid dienone is 16. The molecule has 0 spiro atoms. The molecular weight excluding hydrogens is 829 g/mol. The van der Waals surface area contributed by atoms with Crippen LogP contribution in [0.25, 0.3) is 0 Å². The summed E-state index contributed by atoms with van der Waals surface area (Å²) >= 11 is 0. The molecule has 0 aromatic carbocycles. The first-order valence-electron chi connectivity index (χ1n) is 25.8. The van der Waals surface area contributed by atoms with Crippen molar-refractivity contribution in [3.63, 3.8) is 0 Å². The van der Waals surface area contributed by atoms with Gasteiger partial charge in [-0.3, -0.25) is 19.2 Å². The number of carbonyl (C=O) groups excluding carboxylic acids is 4. The zero-order chi connectivity index (χ0) is 49.4. The van der Waals surface area contributed by atoms with Crippen LogP contribution in [0.15, 0.2) is 96.2 Å². The second-order valence-corrected chi connectivity index (χ2v) is 22.2. The number of hydrogen-bond donors (Lipinski definition) is 2. The van der Waals surface area contributed by atoms with Crippen molar-refractivity contribution in [3.8, 4) is 6.07 Å². The second-order valence-electron chi connectivity index (χ2n) is 22.2. The van der Waals surface area contributed by atoms with Crippen molar-refractivity contribution in [2.24, 2.45) is 44.3 Å². The van der Waals surface area contributed by atoms with E-state index in [1.165, 1.54) is 0 Å². The number of nitrogens with one attached hydrogen (secondary N) is 2. The maximum atomic E-state index is 14.6. The fourth-order valence-corrected chi connectivity index (χ4v) is 11.8. The number of carbonyl (C=O) groups is 4. The van der Waals surface area contributed by atoms with Crippen LogP contribution in [0.5, 0.6) is 0 Å². The zero-order valence-electron chi connectivity index (χ0n) is 43.4. The van der Waals surface area contributed by atoms with Crippen molar-refractivity contribution >= 4 is 23.4 Å². The number of likely N-dealkylation sites (N-methyl/N-ethyl adjacent to an activating group) is 1. The van der Waals surface area contributed by atoms with E-state index in [4.69, 9.17) is 0 Å². The molecule has 0 radical (unpaired) electrons. The van der Waals surface area contributed by atoms with Gasteiger partial charge in [0.25, 0.3) is 0 Å². The average molecular weight is 917 g/mol. The van der Waals surface area contributed by atoms with Crippen molar-refractivity contribution < 1.29 is 19.2 Å². The summed E-state index contributed by atoms with van der Waals surface area (Å²) in [7, 11) is 2.01. The Bertz CT molecular complexity index is 2020. The molecule has 67 heavy (non-hydrogen) atoms. The van der Waals surface area contributed by atoms with Crippen LogP contribution in [0.1, 0.15) is 165 Å². The molecule has 2 fully saturated rings. The van der Waals surface area contributed by atoms with E-state index in [0.717, 1.165) is 82.6 Å². The van der Waals surface area contributed by atoms with E-state index < -0.39 is 16.2 Å². The third-order valence-corrected chi connectivity index (χ3v) is 16.9. The summed E-state index contributed by atoms with van der Waals surface area (Å²) in [5.41, 5.74) is -1.28. The van der Waals surface area contributed by atoms with Gasteiger partial charge in [0.05, 0.1) is 5.57 Å². The first-order chi connectivity index (χ1) is 31.8. The molecule has 6 atom stereocenters. The average Bonchev–Trinajstić information content (AvgIpc) is 3.29. The second kappa shape index (κ2) is 24.8. The van der Waals surface area contributed by atoms with Crippen LogP contribution < -0.4 is 10.6 Å². The van der Waals surface area contributed by atoms with E-state index >= 15 is 0 Å². The van der Waals surface area contributed by atoms with Crippen molar-refractivity contribution in [2.75, 3.05) is 33.2 Å². The van der Waals surface area contributed by atoms with Gasteiger partial charge in [-0.1, -0.05) is 153 Å². The lowest BCUT2D eigenvalue weighted by Crippen LogP contribution is -2.62. The Morgan fingerprint density at radius 3 is 1.91 bits per heavy atom. The van der Waals surface area contributed by atoms with Crippen molar-refractivity contribution in [2.45, 2.75) is 165 Å². The van der Waals surface area contributed by atoms with Crippen LogP contribution >= 0.6 is 0 Å². The van der Waals surface area contributed by atoms with E-state index in [9.17, 15) is 24.4 Å². The Morgan fingerprint density at radius 2 is 1.36 bits per heavy atom. The van der Waals surface area contributed by atoms with Gasteiger partial charge >= 0.3 is 0 Å². The highest BCUT2D eigenvalue weighted by Gasteiger charge is 2.67. The third kappa shape index (κ3) is 13.7. The summed E-state index contributed by atoms with van der Waals surface area (Å²) in [6.45, 7) is 22.0. The molecule has 0 aliphatic heterocycles. The van der Waals surface area contributed by atoms with E-state index in [0.29, 0.717) is 51.9 Å². The lowest BCUT2D eigenvalue weighted by molar-refractivity contribution is -0.154. The molecule has 4 rings (SSSR count). The summed E-state index contributed by atoms with van der Waals surface area (Å²) in [5, 5.41) is 16.4. The number of Topliss-reactive ketones (excluding diaryl/α,β-unsaturated/α-hetero) is 1. The summed E-state index contributed by atoms with van der Waals surface area (Å²) in [4.78, 5) is 57.3. The molecular formula is C59H88N4O4. The van der Waals surface area contributed by atoms with E-state index in [1.807, 2.05) is 33.0 Å². The lowest BCUT2D eigenvalue weighted by atomic mass is 9.36. The van der Waals surface area contributed by atoms with Gasteiger partial charge in [0.2, 0.25) is 11.8 Å². The van der Waals surface area contributed by atoms with Crippen LogP contribution in [0.2, 0.25) is 0 Å². The predicted molar refractivity (Wildman–Crippen MR) is 277 cm³/mol. The molecule has 2 saturated carbocycles. The van der Waals surface area contributed by atoms with Crippen molar-refractivity contribution in [3.05, 3.63) is 96.2 Å². The number of fused-ring (bicyclic) bond motifs is 5. The number of nitrogens with zero attached hydrogens (tertiary/aromatic N) is 2. The Labute approximate surface area is 406 Å². The number of amides is 2. The van der Waals surface area contributed by atoms with Crippen molar-refractivity contribution in [1.29, 1.82) is 5.26 Å². The first kappa shape index (κ1) is 55.2. The first-order valence-corrected chi connectivity index (χ1v) is 25.8.